The Hall–Kier alpha value is -3.59. The molecule has 0 fully saturated rings. The second-order valence-electron chi connectivity index (χ2n) is 8.15. The summed E-state index contributed by atoms with van der Waals surface area (Å²) < 4.78 is 0. The minimum Gasteiger partial charge on any atom is -0.506 e. The van der Waals surface area contributed by atoms with Gasteiger partial charge in [-0.05, 0) is 52.5 Å². The van der Waals surface area contributed by atoms with E-state index in [4.69, 9.17) is 11.8 Å². The predicted octanol–water partition coefficient (Wildman–Crippen LogP) is 7.03. The van der Waals surface area contributed by atoms with Gasteiger partial charge in [0.1, 0.15) is 11.4 Å². The van der Waals surface area contributed by atoms with Crippen molar-refractivity contribution in [1.29, 1.82) is 0 Å². The first kappa shape index (κ1) is 22.2. The fourth-order valence-electron chi connectivity index (χ4n) is 4.03. The van der Waals surface area contributed by atoms with Gasteiger partial charge in [-0.25, -0.2) is 0 Å². The molecule has 0 saturated carbocycles. The van der Waals surface area contributed by atoms with Crippen LogP contribution in [0.25, 0.3) is 10.8 Å². The fourth-order valence-corrected chi connectivity index (χ4v) is 7.79. The number of hydrogen-bond donors (Lipinski definition) is 1. The molecule has 5 aromatic rings. The Morgan fingerprint density at radius 1 is 0.647 bits per heavy atom. The molecule has 0 unspecified atom stereocenters. The summed E-state index contributed by atoms with van der Waals surface area (Å²) in [6.45, 7) is 2.03. The van der Waals surface area contributed by atoms with Gasteiger partial charge >= 0.3 is 0 Å². The SMILES string of the molecule is Cc1ccc(N=Nc2c(O)ccc3cc(P(=S)(c4ccccc4)c4ccccc4)ccc23)cc1. The molecule has 3 nitrogen and oxygen atoms in total. The van der Waals surface area contributed by atoms with Crippen molar-refractivity contribution in [3.8, 4) is 5.75 Å². The second-order valence-corrected chi connectivity index (χ2v) is 12.6. The minimum atomic E-state index is -2.26. The van der Waals surface area contributed by atoms with Crippen LogP contribution < -0.4 is 15.9 Å². The molecule has 0 aromatic heterocycles. The van der Waals surface area contributed by atoms with Gasteiger partial charge in [-0.2, -0.15) is 5.11 Å². The molecule has 5 heteroatoms. The van der Waals surface area contributed by atoms with Crippen molar-refractivity contribution in [3.05, 3.63) is 121 Å². The second kappa shape index (κ2) is 9.34. The van der Waals surface area contributed by atoms with Gasteiger partial charge in [0.15, 0.2) is 0 Å². The van der Waals surface area contributed by atoms with Crippen LogP contribution >= 0.6 is 6.04 Å². The van der Waals surface area contributed by atoms with Crippen LogP contribution in [0, 0.1) is 6.92 Å². The highest BCUT2D eigenvalue weighted by atomic mass is 32.4. The molecule has 0 aliphatic carbocycles. The Bertz CT molecular complexity index is 1490. The molecule has 0 saturated heterocycles. The molecule has 0 radical (unpaired) electrons. The third-order valence-electron chi connectivity index (χ3n) is 5.86. The Balaban J connectivity index is 1.65. The summed E-state index contributed by atoms with van der Waals surface area (Å²) >= 11 is 6.47. The van der Waals surface area contributed by atoms with Gasteiger partial charge in [-0.1, -0.05) is 108 Å². The molecule has 1 N–H and O–H groups in total. The van der Waals surface area contributed by atoms with Crippen LogP contribution in [-0.4, -0.2) is 5.11 Å². The van der Waals surface area contributed by atoms with Gasteiger partial charge in [0.25, 0.3) is 0 Å². The van der Waals surface area contributed by atoms with E-state index in [9.17, 15) is 5.11 Å². The van der Waals surface area contributed by atoms with Gasteiger partial charge in [-0.15, -0.1) is 5.11 Å². The molecule has 0 atom stereocenters. The first-order valence-corrected chi connectivity index (χ1v) is 13.8. The number of benzene rings is 5. The van der Waals surface area contributed by atoms with E-state index in [0.717, 1.165) is 37.9 Å². The highest BCUT2D eigenvalue weighted by Gasteiger charge is 2.25. The van der Waals surface area contributed by atoms with Crippen LogP contribution in [0.5, 0.6) is 5.75 Å². The molecule has 0 spiro atoms. The van der Waals surface area contributed by atoms with E-state index in [0.29, 0.717) is 5.69 Å². The number of azo groups is 1. The summed E-state index contributed by atoms with van der Waals surface area (Å²) in [4.78, 5) is 0. The van der Waals surface area contributed by atoms with Crippen LogP contribution in [0.2, 0.25) is 0 Å². The lowest BCUT2D eigenvalue weighted by Gasteiger charge is -2.24. The maximum atomic E-state index is 10.5. The monoisotopic (exact) mass is 478 g/mol. The molecule has 0 amide bonds. The standard InChI is InChI=1S/C29H23N2OPS/c1-21-12-15-23(16-13-21)30-31-29-27-18-17-26(20-22(27)14-19-28(29)32)33(34,24-8-4-2-5-9-24)25-10-6-3-7-11-25/h2-20,32H,1H3. The number of aromatic hydroxyl groups is 1. The number of fused-ring (bicyclic) bond motifs is 1. The smallest absolute Gasteiger partial charge is 0.143 e. The van der Waals surface area contributed by atoms with E-state index in [1.54, 1.807) is 6.07 Å². The third-order valence-corrected chi connectivity index (χ3v) is 10.8. The molecule has 166 valence electrons. The van der Waals surface area contributed by atoms with Crippen LogP contribution in [0.4, 0.5) is 11.4 Å². The van der Waals surface area contributed by atoms with E-state index in [1.807, 2.05) is 79.7 Å². The Morgan fingerprint density at radius 2 is 1.26 bits per heavy atom. The maximum Gasteiger partial charge on any atom is 0.143 e. The first-order chi connectivity index (χ1) is 16.6. The van der Waals surface area contributed by atoms with Gasteiger partial charge < -0.3 is 5.11 Å². The van der Waals surface area contributed by atoms with Crippen LogP contribution in [-0.2, 0) is 11.8 Å². The number of phenolic OH excluding ortho intramolecular Hbond substituents is 1. The van der Waals surface area contributed by atoms with E-state index in [2.05, 4.69) is 46.6 Å². The van der Waals surface area contributed by atoms with Crippen molar-refractivity contribution in [2.24, 2.45) is 10.2 Å². The lowest BCUT2D eigenvalue weighted by Crippen LogP contribution is -2.24. The highest BCUT2D eigenvalue weighted by molar-refractivity contribution is 8.25. The number of rotatable bonds is 5. The number of phenols is 1. The zero-order valence-electron chi connectivity index (χ0n) is 18.7. The first-order valence-electron chi connectivity index (χ1n) is 11.0. The van der Waals surface area contributed by atoms with Crippen LogP contribution in [0.15, 0.2) is 125 Å². The lowest BCUT2D eigenvalue weighted by atomic mass is 10.1. The molecule has 5 aromatic carbocycles. The molecular weight excluding hydrogens is 455 g/mol. The molecule has 5 rings (SSSR count). The van der Waals surface area contributed by atoms with Crippen molar-refractivity contribution in [2.75, 3.05) is 0 Å². The van der Waals surface area contributed by atoms with Gasteiger partial charge in [0.2, 0.25) is 0 Å². The van der Waals surface area contributed by atoms with Gasteiger partial charge in [0, 0.05) is 11.4 Å². The highest BCUT2D eigenvalue weighted by Crippen LogP contribution is 2.44. The minimum absolute atomic E-state index is 0.0988. The molecule has 0 aliphatic heterocycles. The maximum absolute atomic E-state index is 10.5. The predicted molar refractivity (Wildman–Crippen MR) is 147 cm³/mol. The van der Waals surface area contributed by atoms with Crippen LogP contribution in [0.1, 0.15) is 5.56 Å². The average molecular weight is 479 g/mol. The Labute approximate surface area is 204 Å². The van der Waals surface area contributed by atoms with Gasteiger partial charge in [-0.3, -0.25) is 0 Å². The number of nitrogens with zero attached hydrogens (tertiary/aromatic N) is 2. The van der Waals surface area contributed by atoms with E-state index in [1.165, 1.54) is 0 Å². The summed E-state index contributed by atoms with van der Waals surface area (Å²) in [6, 6.07) is 36.0. The molecule has 34 heavy (non-hydrogen) atoms. The van der Waals surface area contributed by atoms with E-state index in [-0.39, 0.29) is 5.75 Å². The van der Waals surface area contributed by atoms with Gasteiger partial charge in [0.05, 0.1) is 5.69 Å². The Morgan fingerprint density at radius 3 is 1.88 bits per heavy atom. The fraction of sp³-hybridized carbons (Fsp3) is 0.0345. The topological polar surface area (TPSA) is 45.0 Å². The summed E-state index contributed by atoms with van der Waals surface area (Å²) in [5.74, 6) is 0.0988. The molecule has 0 aliphatic rings. The van der Waals surface area contributed by atoms with Crippen molar-refractivity contribution < 1.29 is 5.11 Å². The molecule has 0 heterocycles. The molecule has 0 bridgehead atoms. The summed E-state index contributed by atoms with van der Waals surface area (Å²) in [5.41, 5.74) is 2.35. The lowest BCUT2D eigenvalue weighted by molar-refractivity contribution is 0.477. The van der Waals surface area contributed by atoms with Crippen molar-refractivity contribution in [3.63, 3.8) is 0 Å². The summed E-state index contributed by atoms with van der Waals surface area (Å²) in [5, 5.41) is 24.5. The third kappa shape index (κ3) is 4.19. The van der Waals surface area contributed by atoms with Crippen LogP contribution in [0.3, 0.4) is 0 Å². The molecular formula is C29H23N2OPS. The zero-order valence-corrected chi connectivity index (χ0v) is 20.4. The summed E-state index contributed by atoms with van der Waals surface area (Å²) in [6.07, 6.45) is 0. The normalized spacial score (nSPS) is 11.8. The average Bonchev–Trinajstić information content (AvgIpc) is 2.89. The zero-order chi connectivity index (χ0) is 23.5. The van der Waals surface area contributed by atoms with E-state index < -0.39 is 6.04 Å². The van der Waals surface area contributed by atoms with Crippen molar-refractivity contribution >= 4 is 55.9 Å². The number of aryl methyl sites for hydroxylation is 1. The largest absolute Gasteiger partial charge is 0.506 e. The van der Waals surface area contributed by atoms with Crippen molar-refractivity contribution in [2.45, 2.75) is 6.92 Å². The van der Waals surface area contributed by atoms with E-state index >= 15 is 0 Å². The number of hydrogen-bond acceptors (Lipinski definition) is 4. The quantitative estimate of drug-likeness (QED) is 0.218. The Kier molecular flexibility index (Phi) is 6.10. The summed E-state index contributed by atoms with van der Waals surface area (Å²) in [7, 11) is 0. The van der Waals surface area contributed by atoms with Crippen molar-refractivity contribution in [1.82, 2.24) is 0 Å².